The normalized spacial score (nSPS) is 11.2. The van der Waals surface area contributed by atoms with Crippen molar-refractivity contribution in [2.75, 3.05) is 0 Å². The van der Waals surface area contributed by atoms with Gasteiger partial charge in [0.05, 0.1) is 28.4 Å². The molecule has 1 amide bonds. The first-order valence-corrected chi connectivity index (χ1v) is 7.80. The van der Waals surface area contributed by atoms with Crippen molar-refractivity contribution >= 4 is 22.5 Å². The van der Waals surface area contributed by atoms with Gasteiger partial charge in [-0.2, -0.15) is 10.4 Å². The minimum atomic E-state index is -0.283. The molecule has 0 aliphatic carbocycles. The van der Waals surface area contributed by atoms with Gasteiger partial charge in [-0.05, 0) is 43.7 Å². The van der Waals surface area contributed by atoms with Crippen LogP contribution in [0.5, 0.6) is 0 Å². The maximum absolute atomic E-state index is 12.6. The summed E-state index contributed by atoms with van der Waals surface area (Å²) in [4.78, 5) is 17.0. The number of para-hydroxylation sites is 1. The van der Waals surface area contributed by atoms with E-state index in [1.807, 2.05) is 31.2 Å². The minimum Gasteiger partial charge on any atom is -0.267 e. The van der Waals surface area contributed by atoms with Crippen molar-refractivity contribution in [3.63, 3.8) is 0 Å². The van der Waals surface area contributed by atoms with Crippen molar-refractivity contribution in [2.45, 2.75) is 13.8 Å². The molecule has 0 saturated carbocycles. The van der Waals surface area contributed by atoms with E-state index in [2.05, 4.69) is 21.6 Å². The second-order valence-electron chi connectivity index (χ2n) is 5.66. The summed E-state index contributed by atoms with van der Waals surface area (Å²) in [6.07, 6.45) is 0. The molecule has 3 aromatic rings. The number of hydrogen-bond donors (Lipinski definition) is 1. The van der Waals surface area contributed by atoms with E-state index < -0.39 is 0 Å². The third kappa shape index (κ3) is 3.54. The SMILES string of the molecule is CC(=NNC(=O)c1cc(C)nc2ccccc12)c1ccc(C#N)cc1. The zero-order valence-corrected chi connectivity index (χ0v) is 13.9. The van der Waals surface area contributed by atoms with Gasteiger partial charge in [0.25, 0.3) is 5.91 Å². The number of hydrazone groups is 1. The van der Waals surface area contributed by atoms with Gasteiger partial charge < -0.3 is 0 Å². The van der Waals surface area contributed by atoms with Crippen LogP contribution < -0.4 is 5.43 Å². The van der Waals surface area contributed by atoms with Crippen LogP contribution in [0.15, 0.2) is 59.7 Å². The first-order chi connectivity index (χ1) is 12.1. The molecule has 1 aromatic heterocycles. The van der Waals surface area contributed by atoms with Crippen molar-refractivity contribution in [2.24, 2.45) is 5.10 Å². The molecule has 0 atom stereocenters. The van der Waals surface area contributed by atoms with Crippen LogP contribution in [0.2, 0.25) is 0 Å². The summed E-state index contributed by atoms with van der Waals surface area (Å²) >= 11 is 0. The summed E-state index contributed by atoms with van der Waals surface area (Å²) in [6, 6.07) is 18.4. The first kappa shape index (κ1) is 16.3. The molecule has 25 heavy (non-hydrogen) atoms. The number of carbonyl (C=O) groups is 1. The summed E-state index contributed by atoms with van der Waals surface area (Å²) in [5.74, 6) is -0.283. The van der Waals surface area contributed by atoms with E-state index in [0.29, 0.717) is 16.8 Å². The van der Waals surface area contributed by atoms with E-state index in [9.17, 15) is 4.79 Å². The van der Waals surface area contributed by atoms with Crippen molar-refractivity contribution in [1.82, 2.24) is 10.4 Å². The number of carbonyl (C=O) groups excluding carboxylic acids is 1. The van der Waals surface area contributed by atoms with Crippen LogP contribution in [0.25, 0.3) is 10.9 Å². The lowest BCUT2D eigenvalue weighted by molar-refractivity contribution is 0.0956. The molecule has 0 aliphatic heterocycles. The highest BCUT2D eigenvalue weighted by molar-refractivity contribution is 6.07. The van der Waals surface area contributed by atoms with E-state index in [0.717, 1.165) is 22.2 Å². The summed E-state index contributed by atoms with van der Waals surface area (Å²) in [6.45, 7) is 3.66. The van der Waals surface area contributed by atoms with Crippen molar-refractivity contribution in [3.05, 3.63) is 77.0 Å². The Morgan fingerprint density at radius 3 is 2.60 bits per heavy atom. The maximum atomic E-state index is 12.6. The van der Waals surface area contributed by atoms with Crippen LogP contribution in [-0.2, 0) is 0 Å². The molecule has 0 radical (unpaired) electrons. The Bertz CT molecular complexity index is 1010. The van der Waals surface area contributed by atoms with Crippen LogP contribution in [-0.4, -0.2) is 16.6 Å². The van der Waals surface area contributed by atoms with E-state index in [1.165, 1.54) is 0 Å². The Morgan fingerprint density at radius 1 is 1.16 bits per heavy atom. The molecule has 0 aliphatic rings. The third-order valence-electron chi connectivity index (χ3n) is 3.85. The second-order valence-corrected chi connectivity index (χ2v) is 5.66. The van der Waals surface area contributed by atoms with Crippen molar-refractivity contribution < 1.29 is 4.79 Å². The van der Waals surface area contributed by atoms with Gasteiger partial charge in [-0.1, -0.05) is 30.3 Å². The van der Waals surface area contributed by atoms with Gasteiger partial charge in [0, 0.05) is 11.1 Å². The number of aromatic nitrogens is 1. The van der Waals surface area contributed by atoms with Gasteiger partial charge in [-0.15, -0.1) is 0 Å². The van der Waals surface area contributed by atoms with Crippen molar-refractivity contribution in [3.8, 4) is 6.07 Å². The van der Waals surface area contributed by atoms with Gasteiger partial charge in [0.2, 0.25) is 0 Å². The Morgan fingerprint density at radius 2 is 1.88 bits per heavy atom. The summed E-state index contributed by atoms with van der Waals surface area (Å²) in [7, 11) is 0. The molecule has 0 spiro atoms. The second kappa shape index (κ2) is 6.93. The number of nitrogens with one attached hydrogen (secondary N) is 1. The van der Waals surface area contributed by atoms with Gasteiger partial charge in [0.1, 0.15) is 0 Å². The molecular formula is C20H16N4O. The Kier molecular flexibility index (Phi) is 4.53. The topological polar surface area (TPSA) is 78.1 Å². The number of fused-ring (bicyclic) bond motifs is 1. The van der Waals surface area contributed by atoms with Gasteiger partial charge in [-0.3, -0.25) is 9.78 Å². The first-order valence-electron chi connectivity index (χ1n) is 7.80. The average molecular weight is 328 g/mol. The molecule has 0 unspecified atom stereocenters. The highest BCUT2D eigenvalue weighted by Gasteiger charge is 2.11. The van der Waals surface area contributed by atoms with Crippen molar-refractivity contribution in [1.29, 1.82) is 5.26 Å². The lowest BCUT2D eigenvalue weighted by atomic mass is 10.1. The molecular weight excluding hydrogens is 312 g/mol. The number of aryl methyl sites for hydroxylation is 1. The standard InChI is InChI=1S/C20H16N4O/c1-13-11-18(17-5-3-4-6-19(17)22-13)20(25)24-23-14(2)16-9-7-15(12-21)8-10-16/h3-11H,1-2H3,(H,24,25). The largest absolute Gasteiger partial charge is 0.272 e. The number of amides is 1. The minimum absolute atomic E-state index is 0.283. The number of rotatable bonds is 3. The highest BCUT2D eigenvalue weighted by atomic mass is 16.2. The molecule has 3 rings (SSSR count). The van der Waals surface area contributed by atoms with Crippen LogP contribution >= 0.6 is 0 Å². The lowest BCUT2D eigenvalue weighted by Gasteiger charge is -2.07. The number of nitriles is 1. The zero-order chi connectivity index (χ0) is 17.8. The Hall–Kier alpha value is -3.52. The fraction of sp³-hybridized carbons (Fsp3) is 0.100. The average Bonchev–Trinajstić information content (AvgIpc) is 2.65. The number of pyridine rings is 1. The van der Waals surface area contributed by atoms with E-state index in [-0.39, 0.29) is 5.91 Å². The van der Waals surface area contributed by atoms with E-state index >= 15 is 0 Å². The summed E-state index contributed by atoms with van der Waals surface area (Å²) in [5, 5.41) is 13.8. The van der Waals surface area contributed by atoms with Gasteiger partial charge in [0.15, 0.2) is 0 Å². The van der Waals surface area contributed by atoms with E-state index in [4.69, 9.17) is 5.26 Å². The van der Waals surface area contributed by atoms with Crippen LogP contribution in [0.3, 0.4) is 0 Å². The molecule has 1 N–H and O–H groups in total. The fourth-order valence-corrected chi connectivity index (χ4v) is 2.54. The van der Waals surface area contributed by atoms with Crippen LogP contribution in [0.1, 0.15) is 34.1 Å². The van der Waals surface area contributed by atoms with Crippen LogP contribution in [0.4, 0.5) is 0 Å². The predicted molar refractivity (Wildman–Crippen MR) is 97.3 cm³/mol. The molecule has 2 aromatic carbocycles. The van der Waals surface area contributed by atoms with Gasteiger partial charge in [-0.25, -0.2) is 5.43 Å². The summed E-state index contributed by atoms with van der Waals surface area (Å²) < 4.78 is 0. The molecule has 122 valence electrons. The predicted octanol–water partition coefficient (Wildman–Crippen LogP) is 3.57. The smallest absolute Gasteiger partial charge is 0.267 e. The van der Waals surface area contributed by atoms with Crippen LogP contribution in [0, 0.1) is 18.3 Å². The fourth-order valence-electron chi connectivity index (χ4n) is 2.54. The number of benzene rings is 2. The molecule has 0 bridgehead atoms. The monoisotopic (exact) mass is 328 g/mol. The quantitative estimate of drug-likeness (QED) is 0.590. The molecule has 5 nitrogen and oxygen atoms in total. The Labute approximate surface area is 145 Å². The molecule has 5 heteroatoms. The zero-order valence-electron chi connectivity index (χ0n) is 13.9. The third-order valence-corrected chi connectivity index (χ3v) is 3.85. The van der Waals surface area contributed by atoms with E-state index in [1.54, 1.807) is 37.3 Å². The molecule has 0 fully saturated rings. The highest BCUT2D eigenvalue weighted by Crippen LogP contribution is 2.18. The number of hydrogen-bond acceptors (Lipinski definition) is 4. The summed E-state index contributed by atoms with van der Waals surface area (Å²) in [5.41, 5.74) is 6.78. The van der Waals surface area contributed by atoms with Gasteiger partial charge >= 0.3 is 0 Å². The number of nitrogens with zero attached hydrogens (tertiary/aromatic N) is 3. The Balaban J connectivity index is 1.86. The molecule has 1 heterocycles. The lowest BCUT2D eigenvalue weighted by Crippen LogP contribution is -2.20. The maximum Gasteiger partial charge on any atom is 0.272 e. The molecule has 0 saturated heterocycles.